The van der Waals surface area contributed by atoms with E-state index >= 15 is 0 Å². The number of fused-ring (bicyclic) bond motifs is 2. The Morgan fingerprint density at radius 3 is 2.57 bits per heavy atom. The lowest BCUT2D eigenvalue weighted by molar-refractivity contribution is -0.140. The molecule has 0 saturated carbocycles. The third-order valence-corrected chi connectivity index (χ3v) is 8.32. The van der Waals surface area contributed by atoms with E-state index in [9.17, 15) is 14.7 Å². The Morgan fingerprint density at radius 2 is 1.97 bits per heavy atom. The molecule has 11 heteroatoms. The van der Waals surface area contributed by atoms with Crippen LogP contribution in [0, 0.1) is 5.41 Å². The van der Waals surface area contributed by atoms with E-state index in [0.717, 1.165) is 43.4 Å². The first-order chi connectivity index (χ1) is 16.9. The number of nitrogens with zero attached hydrogens (tertiary/aromatic N) is 7. The van der Waals surface area contributed by atoms with E-state index in [-0.39, 0.29) is 36.6 Å². The van der Waals surface area contributed by atoms with Gasteiger partial charge in [-0.2, -0.15) is 4.68 Å². The fourth-order valence-electron chi connectivity index (χ4n) is 6.69. The Balaban J connectivity index is 1.16. The van der Waals surface area contributed by atoms with Crippen molar-refractivity contribution in [2.24, 2.45) is 5.41 Å². The van der Waals surface area contributed by atoms with Gasteiger partial charge in [-0.15, -0.1) is 5.10 Å². The van der Waals surface area contributed by atoms with E-state index in [2.05, 4.69) is 32.3 Å². The number of ether oxygens (including phenoxy) is 1. The van der Waals surface area contributed by atoms with Gasteiger partial charge in [-0.1, -0.05) is 6.07 Å². The molecule has 2 bridgehead atoms. The minimum absolute atomic E-state index is 0.0447. The van der Waals surface area contributed by atoms with Gasteiger partial charge in [0.1, 0.15) is 12.9 Å². The van der Waals surface area contributed by atoms with Gasteiger partial charge < -0.3 is 14.7 Å². The van der Waals surface area contributed by atoms with E-state index in [1.807, 2.05) is 11.0 Å². The van der Waals surface area contributed by atoms with Crippen LogP contribution >= 0.6 is 0 Å². The Labute approximate surface area is 202 Å². The summed E-state index contributed by atoms with van der Waals surface area (Å²) in [5.74, 6) is 0.395. The molecule has 0 radical (unpaired) electrons. The number of hydrogen-bond acceptors (Lipinski definition) is 9. The molecule has 184 valence electrons. The Bertz CT molecular complexity index is 1160. The van der Waals surface area contributed by atoms with E-state index in [0.29, 0.717) is 17.9 Å². The summed E-state index contributed by atoms with van der Waals surface area (Å²) in [6.07, 6.45) is 6.88. The summed E-state index contributed by atoms with van der Waals surface area (Å²) in [4.78, 5) is 34.3. The fourth-order valence-corrected chi connectivity index (χ4v) is 6.69. The van der Waals surface area contributed by atoms with Crippen LogP contribution in [-0.4, -0.2) is 83.3 Å². The number of amides is 1. The fraction of sp³-hybridized carbons (Fsp3) is 0.583. The molecule has 2 aromatic heterocycles. The van der Waals surface area contributed by atoms with Crippen molar-refractivity contribution in [3.05, 3.63) is 41.5 Å². The number of aliphatic hydroxyl groups is 1. The number of rotatable bonds is 5. The smallest absolute Gasteiger partial charge is 0.336 e. The highest BCUT2D eigenvalue weighted by atomic mass is 16.5. The van der Waals surface area contributed by atoms with Crippen LogP contribution in [0.5, 0.6) is 0 Å². The van der Waals surface area contributed by atoms with E-state index < -0.39 is 11.5 Å². The summed E-state index contributed by atoms with van der Waals surface area (Å²) in [6.45, 7) is 4.51. The number of aliphatic hydroxyl groups excluding tert-OH is 1. The first-order valence-corrected chi connectivity index (χ1v) is 12.2. The third kappa shape index (κ3) is 3.56. The van der Waals surface area contributed by atoms with Crippen LogP contribution < -0.4 is 0 Å². The molecule has 6 rings (SSSR count). The van der Waals surface area contributed by atoms with Gasteiger partial charge in [0.15, 0.2) is 5.82 Å². The molecule has 2 aromatic rings. The van der Waals surface area contributed by atoms with Gasteiger partial charge >= 0.3 is 5.97 Å². The lowest BCUT2D eigenvalue weighted by atomic mass is 9.72. The van der Waals surface area contributed by atoms with Crippen LogP contribution in [0.15, 0.2) is 35.9 Å². The van der Waals surface area contributed by atoms with Crippen molar-refractivity contribution < 1.29 is 19.4 Å². The first-order valence-electron chi connectivity index (χ1n) is 12.2. The molecule has 6 heterocycles. The van der Waals surface area contributed by atoms with Crippen molar-refractivity contribution in [3.63, 3.8) is 0 Å². The molecule has 35 heavy (non-hydrogen) atoms. The second kappa shape index (κ2) is 8.20. The molecule has 4 aliphatic rings. The predicted molar refractivity (Wildman–Crippen MR) is 122 cm³/mol. The molecule has 1 amide bonds. The Morgan fingerprint density at radius 1 is 1.20 bits per heavy atom. The molecule has 3 saturated heterocycles. The van der Waals surface area contributed by atoms with Gasteiger partial charge in [0, 0.05) is 36.4 Å². The van der Waals surface area contributed by atoms with Gasteiger partial charge in [0.05, 0.1) is 22.8 Å². The zero-order valence-corrected chi connectivity index (χ0v) is 19.9. The quantitative estimate of drug-likeness (QED) is 0.629. The van der Waals surface area contributed by atoms with Crippen LogP contribution in [0.3, 0.4) is 0 Å². The topological polar surface area (TPSA) is 127 Å². The molecule has 4 aliphatic heterocycles. The van der Waals surface area contributed by atoms with Gasteiger partial charge in [-0.05, 0) is 62.4 Å². The average molecular weight is 480 g/mol. The van der Waals surface area contributed by atoms with Crippen molar-refractivity contribution in [1.82, 2.24) is 35.0 Å². The maximum absolute atomic E-state index is 13.8. The molecular weight excluding hydrogens is 450 g/mol. The number of aromatic nitrogens is 5. The van der Waals surface area contributed by atoms with Crippen molar-refractivity contribution in [3.8, 4) is 5.82 Å². The predicted octanol–water partition coefficient (Wildman–Crippen LogP) is 1.16. The first kappa shape index (κ1) is 22.3. The number of pyridine rings is 1. The van der Waals surface area contributed by atoms with Crippen molar-refractivity contribution in [1.29, 1.82) is 0 Å². The highest BCUT2D eigenvalue weighted by Gasteiger charge is 2.58. The Kier molecular flexibility index (Phi) is 5.22. The minimum atomic E-state index is -0.674. The number of tetrazole rings is 1. The number of esters is 1. The number of carbonyl (C=O) groups excluding carboxylic acids is 2. The average Bonchev–Trinajstić information content (AvgIpc) is 3.59. The molecule has 0 aromatic carbocycles. The van der Waals surface area contributed by atoms with Gasteiger partial charge in [0.25, 0.3) is 0 Å². The van der Waals surface area contributed by atoms with Crippen molar-refractivity contribution in [2.45, 2.75) is 70.2 Å². The number of hydrogen-bond donors (Lipinski definition) is 1. The second-order valence-electron chi connectivity index (χ2n) is 10.4. The van der Waals surface area contributed by atoms with E-state index in [1.165, 1.54) is 11.0 Å². The van der Waals surface area contributed by atoms with Crippen LogP contribution in [0.4, 0.5) is 0 Å². The zero-order chi connectivity index (χ0) is 24.3. The van der Waals surface area contributed by atoms with Crippen LogP contribution in [0.2, 0.25) is 0 Å². The normalized spacial score (nSPS) is 31.6. The summed E-state index contributed by atoms with van der Waals surface area (Å²) < 4.78 is 6.66. The van der Waals surface area contributed by atoms with Gasteiger partial charge in [-0.3, -0.25) is 9.69 Å². The van der Waals surface area contributed by atoms with E-state index in [1.54, 1.807) is 19.2 Å². The lowest BCUT2D eigenvalue weighted by Crippen LogP contribution is -2.51. The van der Waals surface area contributed by atoms with Crippen LogP contribution in [-0.2, 0) is 14.3 Å². The maximum Gasteiger partial charge on any atom is 0.336 e. The minimum Gasteiger partial charge on any atom is -0.456 e. The number of cyclic esters (lactones) is 1. The van der Waals surface area contributed by atoms with Gasteiger partial charge in [0.2, 0.25) is 5.91 Å². The molecule has 1 unspecified atom stereocenters. The summed E-state index contributed by atoms with van der Waals surface area (Å²) in [7, 11) is 0. The molecule has 1 N–H and O–H groups in total. The van der Waals surface area contributed by atoms with Crippen molar-refractivity contribution in [2.75, 3.05) is 13.2 Å². The molecule has 11 nitrogen and oxygen atoms in total. The van der Waals surface area contributed by atoms with Gasteiger partial charge in [-0.25, -0.2) is 9.78 Å². The summed E-state index contributed by atoms with van der Waals surface area (Å²) in [6, 6.07) is 4.19. The monoisotopic (exact) mass is 479 g/mol. The summed E-state index contributed by atoms with van der Waals surface area (Å²) >= 11 is 0. The number of likely N-dealkylation sites (tertiary alicyclic amines) is 1. The second-order valence-corrected chi connectivity index (χ2v) is 10.4. The number of piperidine rings is 1. The summed E-state index contributed by atoms with van der Waals surface area (Å²) in [5, 5.41) is 22.1. The van der Waals surface area contributed by atoms with Crippen molar-refractivity contribution >= 4 is 11.9 Å². The molecule has 3 fully saturated rings. The molecule has 0 aliphatic carbocycles. The lowest BCUT2D eigenvalue weighted by Gasteiger charge is -2.44. The highest BCUT2D eigenvalue weighted by Crippen LogP contribution is 2.53. The SMILES string of the molecule is CC1=C(N2C(=O)C3(C[C@H]4CC[C@H](C3)N4CC(O)c3ccc(-n4cnnn4)nc3)C[C@H]2C)COC1=O. The largest absolute Gasteiger partial charge is 0.456 e. The Hall–Kier alpha value is -3.18. The van der Waals surface area contributed by atoms with Crippen LogP contribution in [0.1, 0.15) is 57.6 Å². The number of carbonyl (C=O) groups is 2. The zero-order valence-electron chi connectivity index (χ0n) is 19.9. The maximum atomic E-state index is 13.8. The molecule has 4 atom stereocenters. The molecular formula is C24H29N7O4. The summed E-state index contributed by atoms with van der Waals surface area (Å²) in [5.41, 5.74) is 1.62. The van der Waals surface area contributed by atoms with Crippen LogP contribution in [0.25, 0.3) is 5.82 Å². The molecule has 1 spiro atoms. The standard InChI is InChI=1S/C24H29N7O4/c1-14-7-24(23(34)31(14)19-12-35-22(33)15(19)2)8-17-4-5-18(9-24)29(17)11-20(32)16-3-6-21(25-10-16)30-13-26-27-28-30/h3,6,10,13-14,17-18,20,32H,4-5,7-9,11-12H2,1-2H3/t14-,17-,18-,20?/m1/s1. The highest BCUT2D eigenvalue weighted by molar-refractivity contribution is 5.94. The van der Waals surface area contributed by atoms with E-state index in [4.69, 9.17) is 4.74 Å². The third-order valence-electron chi connectivity index (χ3n) is 8.32.